The fraction of sp³-hybridized carbons (Fsp3) is 0.100. The maximum absolute atomic E-state index is 12.8. The van der Waals surface area contributed by atoms with Crippen LogP contribution in [0.1, 0.15) is 20.8 Å². The van der Waals surface area contributed by atoms with Crippen molar-refractivity contribution >= 4 is 39.6 Å². The van der Waals surface area contributed by atoms with Crippen LogP contribution < -0.4 is 10.6 Å². The van der Waals surface area contributed by atoms with Crippen molar-refractivity contribution < 1.29 is 9.53 Å². The summed E-state index contributed by atoms with van der Waals surface area (Å²) < 4.78 is 7.00. The van der Waals surface area contributed by atoms with Gasteiger partial charge in [-0.15, -0.1) is 11.3 Å². The van der Waals surface area contributed by atoms with Crippen LogP contribution in [0.4, 0.5) is 5.00 Å². The fourth-order valence-corrected chi connectivity index (χ4v) is 5.60. The zero-order chi connectivity index (χ0) is 26.5. The van der Waals surface area contributed by atoms with Gasteiger partial charge in [0.1, 0.15) is 10.6 Å². The van der Waals surface area contributed by atoms with Crippen LogP contribution in [0, 0.1) is 6.92 Å². The third kappa shape index (κ3) is 5.37. The van der Waals surface area contributed by atoms with Crippen LogP contribution in [0.15, 0.2) is 97.2 Å². The maximum Gasteiger partial charge on any atom is 0.341 e. The van der Waals surface area contributed by atoms with Crippen LogP contribution in [0.25, 0.3) is 28.1 Å². The molecule has 0 unspecified atom stereocenters. The first-order valence-electron chi connectivity index (χ1n) is 12.1. The molecule has 2 heterocycles. The molecule has 0 radical (unpaired) electrons. The Labute approximate surface area is 230 Å². The van der Waals surface area contributed by atoms with Crippen molar-refractivity contribution in [2.45, 2.75) is 13.5 Å². The minimum Gasteiger partial charge on any atom is -0.465 e. The molecule has 0 amide bonds. The number of ether oxygens (including phenoxy) is 1. The van der Waals surface area contributed by atoms with E-state index in [1.807, 2.05) is 109 Å². The number of aromatic nitrogens is 2. The standard InChI is InChI=1S/C30H26N4O2S2/c1-20-25(21-12-6-3-7-13-21)26(29(35)36-2)28(38-20)32-30(37)31-18-23-19-34(24-16-10-5-11-17-24)33-27(23)22-14-8-4-9-15-22/h3-17,19H,18H2,1-2H3,(H2,31,32,37). The molecule has 190 valence electrons. The predicted octanol–water partition coefficient (Wildman–Crippen LogP) is 6.85. The van der Waals surface area contributed by atoms with E-state index in [0.717, 1.165) is 38.5 Å². The minimum atomic E-state index is -0.408. The summed E-state index contributed by atoms with van der Waals surface area (Å²) in [5, 5.41) is 12.4. The molecule has 0 saturated heterocycles. The lowest BCUT2D eigenvalue weighted by molar-refractivity contribution is 0.0603. The molecule has 0 spiro atoms. The summed E-state index contributed by atoms with van der Waals surface area (Å²) >= 11 is 7.13. The van der Waals surface area contributed by atoms with Crippen LogP contribution in [-0.4, -0.2) is 28.0 Å². The number of para-hydroxylation sites is 1. The summed E-state index contributed by atoms with van der Waals surface area (Å²) in [6.45, 7) is 2.44. The number of esters is 1. The summed E-state index contributed by atoms with van der Waals surface area (Å²) in [4.78, 5) is 13.8. The van der Waals surface area contributed by atoms with Crippen molar-refractivity contribution in [1.82, 2.24) is 15.1 Å². The molecule has 38 heavy (non-hydrogen) atoms. The highest BCUT2D eigenvalue weighted by Crippen LogP contribution is 2.40. The largest absolute Gasteiger partial charge is 0.465 e. The van der Waals surface area contributed by atoms with E-state index in [-0.39, 0.29) is 0 Å². The van der Waals surface area contributed by atoms with E-state index in [4.69, 9.17) is 22.1 Å². The molecule has 0 bridgehead atoms. The molecule has 2 N–H and O–H groups in total. The van der Waals surface area contributed by atoms with Crippen LogP contribution in [0.3, 0.4) is 0 Å². The molecule has 0 aliphatic heterocycles. The normalized spacial score (nSPS) is 10.7. The summed E-state index contributed by atoms with van der Waals surface area (Å²) in [7, 11) is 1.39. The van der Waals surface area contributed by atoms with Gasteiger partial charge in [-0.05, 0) is 36.8 Å². The molecule has 5 rings (SSSR count). The Hall–Kier alpha value is -4.27. The number of hydrogen-bond donors (Lipinski definition) is 2. The van der Waals surface area contributed by atoms with E-state index in [0.29, 0.717) is 22.2 Å². The Morgan fingerprint density at radius 1 is 0.947 bits per heavy atom. The van der Waals surface area contributed by atoms with E-state index in [1.165, 1.54) is 18.4 Å². The van der Waals surface area contributed by atoms with E-state index in [1.54, 1.807) is 0 Å². The Balaban J connectivity index is 1.40. The first-order chi connectivity index (χ1) is 18.5. The number of carbonyl (C=O) groups excluding carboxylic acids is 1. The van der Waals surface area contributed by atoms with Crippen molar-refractivity contribution in [3.63, 3.8) is 0 Å². The average molecular weight is 539 g/mol. The van der Waals surface area contributed by atoms with E-state index in [9.17, 15) is 4.79 Å². The molecule has 0 saturated carbocycles. The number of rotatable bonds is 7. The Morgan fingerprint density at radius 2 is 1.55 bits per heavy atom. The summed E-state index contributed by atoms with van der Waals surface area (Å²) in [6, 6.07) is 29.9. The molecule has 0 fully saturated rings. The van der Waals surface area contributed by atoms with Crippen LogP contribution >= 0.6 is 23.6 Å². The summed E-state index contributed by atoms with van der Waals surface area (Å²) in [6.07, 6.45) is 2.01. The van der Waals surface area contributed by atoms with Crippen molar-refractivity contribution in [3.05, 3.63) is 113 Å². The SMILES string of the molecule is COC(=O)c1c(NC(=S)NCc2cn(-c3ccccc3)nc2-c2ccccc2)sc(C)c1-c1ccccc1. The molecule has 2 aromatic heterocycles. The second-order valence-corrected chi connectivity index (χ2v) is 10.2. The smallest absolute Gasteiger partial charge is 0.341 e. The number of methoxy groups -OCH3 is 1. The van der Waals surface area contributed by atoms with Crippen molar-refractivity contribution in [2.75, 3.05) is 12.4 Å². The number of nitrogens with one attached hydrogen (secondary N) is 2. The molecular formula is C30H26N4O2S2. The van der Waals surface area contributed by atoms with Gasteiger partial charge in [-0.3, -0.25) is 0 Å². The fourth-order valence-electron chi connectivity index (χ4n) is 4.30. The molecule has 3 aromatic carbocycles. The van der Waals surface area contributed by atoms with E-state index in [2.05, 4.69) is 10.6 Å². The van der Waals surface area contributed by atoms with Crippen molar-refractivity contribution in [1.29, 1.82) is 0 Å². The lowest BCUT2D eigenvalue weighted by atomic mass is 10.0. The van der Waals surface area contributed by atoms with Gasteiger partial charge in [0.2, 0.25) is 0 Å². The number of benzene rings is 3. The molecular weight excluding hydrogens is 512 g/mol. The first kappa shape index (κ1) is 25.4. The predicted molar refractivity (Wildman–Crippen MR) is 158 cm³/mol. The lowest BCUT2D eigenvalue weighted by Gasteiger charge is -2.11. The summed E-state index contributed by atoms with van der Waals surface area (Å²) in [5.41, 5.74) is 6.14. The van der Waals surface area contributed by atoms with Gasteiger partial charge in [0.15, 0.2) is 5.11 Å². The van der Waals surface area contributed by atoms with Crippen LogP contribution in [-0.2, 0) is 11.3 Å². The second kappa shape index (κ2) is 11.4. The Kier molecular flexibility index (Phi) is 7.62. The average Bonchev–Trinajstić information content (AvgIpc) is 3.53. The van der Waals surface area contributed by atoms with Gasteiger partial charge in [0, 0.05) is 34.3 Å². The Bertz CT molecular complexity index is 1560. The molecule has 8 heteroatoms. The van der Waals surface area contributed by atoms with Gasteiger partial charge in [-0.25, -0.2) is 9.48 Å². The third-order valence-electron chi connectivity index (χ3n) is 6.06. The number of anilines is 1. The topological polar surface area (TPSA) is 68.2 Å². The number of carbonyl (C=O) groups is 1. The number of thiocarbonyl (C=S) groups is 1. The first-order valence-corrected chi connectivity index (χ1v) is 13.3. The van der Waals surface area contributed by atoms with Crippen molar-refractivity contribution in [2.24, 2.45) is 0 Å². The van der Waals surface area contributed by atoms with Crippen molar-refractivity contribution in [3.8, 4) is 28.1 Å². The number of aryl methyl sites for hydroxylation is 1. The summed E-state index contributed by atoms with van der Waals surface area (Å²) in [5.74, 6) is -0.408. The highest BCUT2D eigenvalue weighted by molar-refractivity contribution is 7.80. The second-order valence-electron chi connectivity index (χ2n) is 8.55. The van der Waals surface area contributed by atoms with E-state index >= 15 is 0 Å². The van der Waals surface area contributed by atoms with Crippen LogP contribution in [0.5, 0.6) is 0 Å². The molecule has 0 aliphatic carbocycles. The number of thiophene rings is 1. The maximum atomic E-state index is 12.8. The molecule has 0 aliphatic rings. The van der Waals surface area contributed by atoms with Gasteiger partial charge < -0.3 is 15.4 Å². The van der Waals surface area contributed by atoms with Gasteiger partial charge in [-0.1, -0.05) is 78.9 Å². The van der Waals surface area contributed by atoms with Crippen LogP contribution in [0.2, 0.25) is 0 Å². The Morgan fingerprint density at radius 3 is 2.18 bits per heavy atom. The minimum absolute atomic E-state index is 0.405. The highest BCUT2D eigenvalue weighted by atomic mass is 32.1. The zero-order valence-electron chi connectivity index (χ0n) is 21.0. The highest BCUT2D eigenvalue weighted by Gasteiger charge is 2.24. The zero-order valence-corrected chi connectivity index (χ0v) is 22.6. The van der Waals surface area contributed by atoms with Gasteiger partial charge in [-0.2, -0.15) is 5.10 Å². The van der Waals surface area contributed by atoms with Gasteiger partial charge in [0.25, 0.3) is 0 Å². The number of hydrogen-bond acceptors (Lipinski definition) is 5. The molecule has 6 nitrogen and oxygen atoms in total. The van der Waals surface area contributed by atoms with Gasteiger partial charge >= 0.3 is 5.97 Å². The lowest BCUT2D eigenvalue weighted by Crippen LogP contribution is -2.28. The quantitative estimate of drug-likeness (QED) is 0.175. The molecule has 5 aromatic rings. The van der Waals surface area contributed by atoms with E-state index < -0.39 is 5.97 Å². The monoisotopic (exact) mass is 538 g/mol. The third-order valence-corrected chi connectivity index (χ3v) is 7.33. The molecule has 0 atom stereocenters. The van der Waals surface area contributed by atoms with Gasteiger partial charge in [0.05, 0.1) is 18.5 Å². The number of nitrogens with zero attached hydrogens (tertiary/aromatic N) is 2.